The Bertz CT molecular complexity index is 500. The molecular formula is C11H8BrClFNO. The van der Waals surface area contributed by atoms with Crippen LogP contribution in [0.1, 0.15) is 5.76 Å². The Morgan fingerprint density at radius 2 is 2.12 bits per heavy atom. The van der Waals surface area contributed by atoms with Crippen molar-refractivity contribution in [1.29, 1.82) is 0 Å². The van der Waals surface area contributed by atoms with Gasteiger partial charge in [0.1, 0.15) is 11.6 Å². The maximum Gasteiger partial charge on any atom is 0.193 e. The van der Waals surface area contributed by atoms with Gasteiger partial charge in [-0.05, 0) is 57.9 Å². The van der Waals surface area contributed by atoms with Crippen molar-refractivity contribution in [3.63, 3.8) is 0 Å². The van der Waals surface area contributed by atoms with E-state index in [-0.39, 0.29) is 5.82 Å². The molecule has 0 aliphatic carbocycles. The minimum absolute atomic E-state index is 0.303. The molecule has 16 heavy (non-hydrogen) atoms. The fourth-order valence-electron chi connectivity index (χ4n) is 1.24. The topological polar surface area (TPSA) is 25.2 Å². The SMILES string of the molecule is Fc1cc(NCc2ccc(Cl)o2)ccc1Br. The first-order chi connectivity index (χ1) is 7.65. The molecule has 2 rings (SSSR count). The van der Waals surface area contributed by atoms with E-state index >= 15 is 0 Å². The van der Waals surface area contributed by atoms with Crippen LogP contribution in [0, 0.1) is 5.82 Å². The zero-order chi connectivity index (χ0) is 11.5. The molecule has 0 bridgehead atoms. The maximum absolute atomic E-state index is 13.2. The molecule has 2 aromatic rings. The standard InChI is InChI=1S/C11H8BrClFNO/c12-9-3-1-7(5-10(9)14)15-6-8-2-4-11(13)16-8/h1-5,15H,6H2. The molecule has 0 spiro atoms. The summed E-state index contributed by atoms with van der Waals surface area (Å²) in [5, 5.41) is 3.38. The fourth-order valence-corrected chi connectivity index (χ4v) is 1.65. The van der Waals surface area contributed by atoms with E-state index in [2.05, 4.69) is 21.2 Å². The second-order valence-electron chi connectivity index (χ2n) is 3.19. The predicted octanol–water partition coefficient (Wildman–Crippen LogP) is 4.45. The number of halogens is 3. The van der Waals surface area contributed by atoms with E-state index in [1.165, 1.54) is 6.07 Å². The highest BCUT2D eigenvalue weighted by Crippen LogP contribution is 2.20. The van der Waals surface area contributed by atoms with Crippen LogP contribution in [-0.4, -0.2) is 0 Å². The molecule has 0 unspecified atom stereocenters. The number of rotatable bonds is 3. The van der Waals surface area contributed by atoms with Crippen LogP contribution in [0.5, 0.6) is 0 Å². The average Bonchev–Trinajstić information content (AvgIpc) is 2.66. The van der Waals surface area contributed by atoms with Crippen molar-refractivity contribution in [2.75, 3.05) is 5.32 Å². The summed E-state index contributed by atoms with van der Waals surface area (Å²) in [5.74, 6) is 0.399. The van der Waals surface area contributed by atoms with E-state index in [9.17, 15) is 4.39 Å². The lowest BCUT2D eigenvalue weighted by Crippen LogP contribution is -1.98. The predicted molar refractivity (Wildman–Crippen MR) is 65.1 cm³/mol. The molecule has 0 fully saturated rings. The van der Waals surface area contributed by atoms with Crippen LogP contribution in [0.4, 0.5) is 10.1 Å². The smallest absolute Gasteiger partial charge is 0.193 e. The normalized spacial score (nSPS) is 10.4. The molecule has 0 saturated heterocycles. The summed E-state index contributed by atoms with van der Waals surface area (Å²) in [4.78, 5) is 0. The van der Waals surface area contributed by atoms with Gasteiger partial charge >= 0.3 is 0 Å². The van der Waals surface area contributed by atoms with Gasteiger partial charge in [0.2, 0.25) is 0 Å². The molecule has 2 nitrogen and oxygen atoms in total. The van der Waals surface area contributed by atoms with Crippen LogP contribution in [0.3, 0.4) is 0 Å². The first-order valence-corrected chi connectivity index (χ1v) is 5.75. The van der Waals surface area contributed by atoms with Crippen molar-refractivity contribution in [2.45, 2.75) is 6.54 Å². The van der Waals surface area contributed by atoms with Crippen molar-refractivity contribution in [3.8, 4) is 0 Å². The van der Waals surface area contributed by atoms with Crippen molar-refractivity contribution in [3.05, 3.63) is 51.6 Å². The number of benzene rings is 1. The Hall–Kier alpha value is -1.00. The second-order valence-corrected chi connectivity index (χ2v) is 4.42. The minimum atomic E-state index is -0.303. The van der Waals surface area contributed by atoms with Crippen molar-refractivity contribution < 1.29 is 8.81 Å². The Morgan fingerprint density at radius 3 is 2.75 bits per heavy atom. The van der Waals surface area contributed by atoms with Crippen LogP contribution in [0.15, 0.2) is 39.2 Å². The molecule has 1 N–H and O–H groups in total. The summed E-state index contributed by atoms with van der Waals surface area (Å²) >= 11 is 8.72. The van der Waals surface area contributed by atoms with Crippen molar-refractivity contribution >= 4 is 33.2 Å². The van der Waals surface area contributed by atoms with Gasteiger partial charge in [0.05, 0.1) is 11.0 Å². The third kappa shape index (κ3) is 2.77. The molecule has 0 saturated carbocycles. The zero-order valence-corrected chi connectivity index (χ0v) is 10.5. The molecule has 84 valence electrons. The molecule has 0 aliphatic rings. The number of hydrogen-bond acceptors (Lipinski definition) is 2. The van der Waals surface area contributed by atoms with E-state index in [1.54, 1.807) is 24.3 Å². The Balaban J connectivity index is 2.02. The quantitative estimate of drug-likeness (QED) is 0.906. The van der Waals surface area contributed by atoms with Crippen LogP contribution in [-0.2, 0) is 6.54 Å². The van der Waals surface area contributed by atoms with E-state index in [4.69, 9.17) is 16.0 Å². The lowest BCUT2D eigenvalue weighted by molar-refractivity contribution is 0.520. The fraction of sp³-hybridized carbons (Fsp3) is 0.0909. The van der Waals surface area contributed by atoms with Gasteiger partial charge in [0.15, 0.2) is 5.22 Å². The third-order valence-corrected chi connectivity index (χ3v) is 2.86. The highest BCUT2D eigenvalue weighted by molar-refractivity contribution is 9.10. The molecule has 1 aromatic heterocycles. The third-order valence-electron chi connectivity index (χ3n) is 2.02. The van der Waals surface area contributed by atoms with Crippen LogP contribution >= 0.6 is 27.5 Å². The van der Waals surface area contributed by atoms with Crippen molar-refractivity contribution in [1.82, 2.24) is 0 Å². The molecule has 0 amide bonds. The van der Waals surface area contributed by atoms with Gasteiger partial charge in [-0.1, -0.05) is 0 Å². The zero-order valence-electron chi connectivity index (χ0n) is 8.14. The summed E-state index contributed by atoms with van der Waals surface area (Å²) in [5.41, 5.74) is 0.688. The lowest BCUT2D eigenvalue weighted by atomic mass is 10.3. The Kier molecular flexibility index (Phi) is 3.51. The first-order valence-electron chi connectivity index (χ1n) is 4.58. The van der Waals surface area contributed by atoms with Gasteiger partial charge in [-0.2, -0.15) is 0 Å². The van der Waals surface area contributed by atoms with Crippen LogP contribution < -0.4 is 5.32 Å². The van der Waals surface area contributed by atoms with Crippen LogP contribution in [0.2, 0.25) is 5.22 Å². The maximum atomic E-state index is 13.2. The van der Waals surface area contributed by atoms with E-state index in [0.29, 0.717) is 27.7 Å². The average molecular weight is 305 g/mol. The van der Waals surface area contributed by atoms with Gasteiger partial charge < -0.3 is 9.73 Å². The molecule has 5 heteroatoms. The number of hydrogen-bond donors (Lipinski definition) is 1. The Labute approximate surface area is 106 Å². The second kappa shape index (κ2) is 4.89. The molecule has 0 aliphatic heterocycles. The highest BCUT2D eigenvalue weighted by atomic mass is 79.9. The summed E-state index contributed by atoms with van der Waals surface area (Å²) < 4.78 is 18.8. The molecule has 0 radical (unpaired) electrons. The van der Waals surface area contributed by atoms with E-state index in [1.807, 2.05) is 0 Å². The first kappa shape index (κ1) is 11.5. The monoisotopic (exact) mass is 303 g/mol. The van der Waals surface area contributed by atoms with Gasteiger partial charge in [0.25, 0.3) is 0 Å². The summed E-state index contributed by atoms with van der Waals surface area (Å²) in [7, 11) is 0. The summed E-state index contributed by atoms with van der Waals surface area (Å²) in [6.07, 6.45) is 0. The molecule has 0 atom stereocenters. The Morgan fingerprint density at radius 1 is 1.31 bits per heavy atom. The van der Waals surface area contributed by atoms with Gasteiger partial charge in [-0.25, -0.2) is 4.39 Å². The van der Waals surface area contributed by atoms with E-state index < -0.39 is 0 Å². The largest absolute Gasteiger partial charge is 0.448 e. The summed E-state index contributed by atoms with van der Waals surface area (Å²) in [6, 6.07) is 8.27. The van der Waals surface area contributed by atoms with Crippen molar-refractivity contribution in [2.24, 2.45) is 0 Å². The summed E-state index contributed by atoms with van der Waals surface area (Å²) in [6.45, 7) is 0.466. The van der Waals surface area contributed by atoms with E-state index in [0.717, 1.165) is 0 Å². The molecular weight excluding hydrogens is 296 g/mol. The number of nitrogens with one attached hydrogen (secondary N) is 1. The van der Waals surface area contributed by atoms with Crippen LogP contribution in [0.25, 0.3) is 0 Å². The highest BCUT2D eigenvalue weighted by Gasteiger charge is 2.02. The van der Waals surface area contributed by atoms with Gasteiger partial charge in [-0.15, -0.1) is 0 Å². The number of anilines is 1. The molecule has 1 heterocycles. The number of furan rings is 1. The van der Waals surface area contributed by atoms with Gasteiger partial charge in [0, 0.05) is 5.69 Å². The molecule has 1 aromatic carbocycles. The van der Waals surface area contributed by atoms with Gasteiger partial charge in [-0.3, -0.25) is 0 Å². The minimum Gasteiger partial charge on any atom is -0.448 e. The lowest BCUT2D eigenvalue weighted by Gasteiger charge is -2.04.